The minimum absolute atomic E-state index is 0.0175. The van der Waals surface area contributed by atoms with Crippen molar-refractivity contribution in [3.05, 3.63) is 97.9 Å². The summed E-state index contributed by atoms with van der Waals surface area (Å²) in [4.78, 5) is 0. The fourth-order valence-electron chi connectivity index (χ4n) is 5.85. The van der Waals surface area contributed by atoms with E-state index in [1.54, 1.807) is 0 Å². The lowest BCUT2D eigenvalue weighted by Gasteiger charge is -2.30. The molecule has 0 saturated carbocycles. The molecule has 1 heterocycles. The molecule has 0 bridgehead atoms. The van der Waals surface area contributed by atoms with E-state index in [0.717, 1.165) is 26.8 Å². The van der Waals surface area contributed by atoms with Crippen molar-refractivity contribution in [2.24, 2.45) is 0 Å². The molecule has 164 valence electrons. The highest BCUT2D eigenvalue weighted by Gasteiger charge is 2.40. The van der Waals surface area contributed by atoms with Crippen LogP contribution < -0.4 is 0 Å². The van der Waals surface area contributed by atoms with Crippen LogP contribution in [0.25, 0.3) is 38.6 Å². The summed E-state index contributed by atoms with van der Waals surface area (Å²) in [5.41, 5.74) is 9.03. The first-order valence-corrected chi connectivity index (χ1v) is 13.3. The van der Waals surface area contributed by atoms with Crippen molar-refractivity contribution in [2.75, 3.05) is 0 Å². The Kier molecular flexibility index (Phi) is 5.03. The first-order chi connectivity index (χ1) is 16.0. The normalized spacial score (nSPS) is 14.1. The van der Waals surface area contributed by atoms with Crippen LogP contribution in [0, 0.1) is 0 Å². The molecule has 0 atom stereocenters. The van der Waals surface area contributed by atoms with Gasteiger partial charge in [-0.3, -0.25) is 0 Å². The summed E-state index contributed by atoms with van der Waals surface area (Å²) in [5, 5.41) is 3.30. The van der Waals surface area contributed by atoms with Crippen LogP contribution in [0.2, 0.25) is 5.02 Å². The second-order valence-corrected chi connectivity index (χ2v) is 11.1. The van der Waals surface area contributed by atoms with Crippen molar-refractivity contribution in [3.8, 4) is 16.8 Å². The molecule has 0 saturated heterocycles. The van der Waals surface area contributed by atoms with Crippen molar-refractivity contribution in [1.29, 1.82) is 0 Å². The van der Waals surface area contributed by atoms with E-state index in [0.29, 0.717) is 0 Å². The fraction of sp³-hybridized carbons (Fsp3) is 0.172. The Morgan fingerprint density at radius 2 is 1.24 bits per heavy atom. The van der Waals surface area contributed by atoms with Crippen LogP contribution >= 0.6 is 43.5 Å². The maximum Gasteiger partial charge on any atom is 0.0541 e. The van der Waals surface area contributed by atoms with Gasteiger partial charge in [0, 0.05) is 35.8 Å². The van der Waals surface area contributed by atoms with Crippen molar-refractivity contribution in [2.45, 2.75) is 32.1 Å². The Labute approximate surface area is 215 Å². The molecule has 0 aliphatic heterocycles. The Morgan fingerprint density at radius 1 is 0.697 bits per heavy atom. The highest BCUT2D eigenvalue weighted by Crippen LogP contribution is 2.54. The standard InChI is InChI=1S/C29H22Br2ClN/c1-3-29(4-2)25-15-19(32)7-9-21(25)22-10-8-20(16-26(22)29)33-27-11-5-17(30)13-23(27)24-14-18(31)6-12-28(24)33/h5-16H,3-4H2,1-2H3. The Balaban J connectivity index is 1.67. The van der Waals surface area contributed by atoms with E-state index in [1.165, 1.54) is 49.7 Å². The van der Waals surface area contributed by atoms with E-state index in [4.69, 9.17) is 11.6 Å². The van der Waals surface area contributed by atoms with E-state index in [9.17, 15) is 0 Å². The SMILES string of the molecule is CCC1(CC)c2cc(Cl)ccc2-c2ccc(-n3c4ccc(Br)cc4c4cc(Br)ccc43)cc21. The summed E-state index contributed by atoms with van der Waals surface area (Å²) in [6.45, 7) is 4.59. The second-order valence-electron chi connectivity index (χ2n) is 8.87. The van der Waals surface area contributed by atoms with Crippen LogP contribution in [0.3, 0.4) is 0 Å². The molecular formula is C29H22Br2ClN. The van der Waals surface area contributed by atoms with Gasteiger partial charge < -0.3 is 4.57 Å². The highest BCUT2D eigenvalue weighted by atomic mass is 79.9. The summed E-state index contributed by atoms with van der Waals surface area (Å²) in [5.74, 6) is 0. The predicted octanol–water partition coefficient (Wildman–Crippen LogP) is 10.0. The van der Waals surface area contributed by atoms with Gasteiger partial charge >= 0.3 is 0 Å². The van der Waals surface area contributed by atoms with E-state index in [1.807, 2.05) is 6.07 Å². The predicted molar refractivity (Wildman–Crippen MR) is 148 cm³/mol. The topological polar surface area (TPSA) is 4.93 Å². The van der Waals surface area contributed by atoms with Gasteiger partial charge in [-0.15, -0.1) is 0 Å². The first kappa shape index (κ1) is 21.5. The van der Waals surface area contributed by atoms with Crippen LogP contribution in [-0.4, -0.2) is 4.57 Å². The van der Waals surface area contributed by atoms with Crippen LogP contribution in [-0.2, 0) is 5.41 Å². The number of aromatic nitrogens is 1. The molecule has 1 aromatic heterocycles. The number of benzene rings is 4. The van der Waals surface area contributed by atoms with E-state index in [2.05, 4.69) is 117 Å². The van der Waals surface area contributed by atoms with Gasteiger partial charge in [-0.2, -0.15) is 0 Å². The number of fused-ring (bicyclic) bond motifs is 6. The van der Waals surface area contributed by atoms with Crippen LogP contribution in [0.5, 0.6) is 0 Å². The monoisotopic (exact) mass is 577 g/mol. The molecule has 0 amide bonds. The van der Waals surface area contributed by atoms with Gasteiger partial charge in [-0.05, 0) is 95.8 Å². The van der Waals surface area contributed by atoms with Gasteiger partial charge in [0.2, 0.25) is 0 Å². The van der Waals surface area contributed by atoms with Gasteiger partial charge in [0.25, 0.3) is 0 Å². The lowest BCUT2D eigenvalue weighted by atomic mass is 9.74. The molecule has 1 aliphatic rings. The third-order valence-corrected chi connectivity index (χ3v) is 8.68. The largest absolute Gasteiger partial charge is 0.309 e. The summed E-state index contributed by atoms with van der Waals surface area (Å²) in [6, 6.07) is 26.5. The number of hydrogen-bond acceptors (Lipinski definition) is 0. The number of hydrogen-bond donors (Lipinski definition) is 0. The van der Waals surface area contributed by atoms with Gasteiger partial charge in [0.05, 0.1) is 11.0 Å². The zero-order valence-electron chi connectivity index (χ0n) is 18.4. The third-order valence-electron chi connectivity index (χ3n) is 7.46. The Morgan fingerprint density at radius 3 is 1.82 bits per heavy atom. The van der Waals surface area contributed by atoms with E-state index >= 15 is 0 Å². The summed E-state index contributed by atoms with van der Waals surface area (Å²) < 4.78 is 4.58. The molecule has 1 nitrogen and oxygen atoms in total. The molecule has 0 fully saturated rings. The average molecular weight is 580 g/mol. The quantitative estimate of drug-likeness (QED) is 0.200. The Hall–Kier alpha value is -2.07. The van der Waals surface area contributed by atoms with Crippen molar-refractivity contribution in [1.82, 2.24) is 4.57 Å². The number of rotatable bonds is 3. The van der Waals surface area contributed by atoms with Gasteiger partial charge in [-0.1, -0.05) is 69.4 Å². The number of nitrogens with zero attached hydrogens (tertiary/aromatic N) is 1. The van der Waals surface area contributed by atoms with Crippen molar-refractivity contribution in [3.63, 3.8) is 0 Å². The molecule has 4 aromatic carbocycles. The maximum absolute atomic E-state index is 6.46. The lowest BCUT2D eigenvalue weighted by molar-refractivity contribution is 0.490. The fourth-order valence-corrected chi connectivity index (χ4v) is 6.75. The van der Waals surface area contributed by atoms with Gasteiger partial charge in [0.15, 0.2) is 0 Å². The summed E-state index contributed by atoms with van der Waals surface area (Å²) >= 11 is 13.8. The lowest BCUT2D eigenvalue weighted by Crippen LogP contribution is -2.23. The van der Waals surface area contributed by atoms with Crippen LogP contribution in [0.4, 0.5) is 0 Å². The second kappa shape index (κ2) is 7.73. The van der Waals surface area contributed by atoms with Crippen molar-refractivity contribution < 1.29 is 0 Å². The molecule has 0 spiro atoms. The smallest absolute Gasteiger partial charge is 0.0541 e. The Bertz CT molecular complexity index is 1520. The molecule has 33 heavy (non-hydrogen) atoms. The molecule has 4 heteroatoms. The maximum atomic E-state index is 6.46. The van der Waals surface area contributed by atoms with E-state index < -0.39 is 0 Å². The van der Waals surface area contributed by atoms with E-state index in [-0.39, 0.29) is 5.41 Å². The first-order valence-electron chi connectivity index (χ1n) is 11.3. The van der Waals surface area contributed by atoms with Gasteiger partial charge in [-0.25, -0.2) is 0 Å². The van der Waals surface area contributed by atoms with Gasteiger partial charge in [0.1, 0.15) is 0 Å². The summed E-state index contributed by atoms with van der Waals surface area (Å²) in [7, 11) is 0. The zero-order chi connectivity index (χ0) is 22.9. The average Bonchev–Trinajstić information content (AvgIpc) is 3.27. The third kappa shape index (κ3) is 3.02. The zero-order valence-corrected chi connectivity index (χ0v) is 22.4. The number of halogens is 3. The molecule has 0 radical (unpaired) electrons. The van der Waals surface area contributed by atoms with Crippen molar-refractivity contribution >= 4 is 65.3 Å². The molecule has 5 aromatic rings. The van der Waals surface area contributed by atoms with Crippen LogP contribution in [0.1, 0.15) is 37.8 Å². The highest BCUT2D eigenvalue weighted by molar-refractivity contribution is 9.10. The van der Waals surface area contributed by atoms with Crippen LogP contribution in [0.15, 0.2) is 81.7 Å². The molecule has 0 unspecified atom stereocenters. The summed E-state index contributed by atoms with van der Waals surface area (Å²) in [6.07, 6.45) is 2.08. The molecule has 0 N–H and O–H groups in total. The molecule has 1 aliphatic carbocycles. The molecular weight excluding hydrogens is 558 g/mol. The minimum Gasteiger partial charge on any atom is -0.309 e. The minimum atomic E-state index is -0.0175. The molecule has 6 rings (SSSR count).